The van der Waals surface area contributed by atoms with Gasteiger partial charge in [-0.25, -0.2) is 4.39 Å². The van der Waals surface area contributed by atoms with Crippen molar-refractivity contribution < 1.29 is 4.39 Å². The highest BCUT2D eigenvalue weighted by Gasteiger charge is 2.47. The molecule has 1 aromatic rings. The summed E-state index contributed by atoms with van der Waals surface area (Å²) in [6, 6.07) is 7.03. The fourth-order valence-corrected chi connectivity index (χ4v) is 4.21. The van der Waals surface area contributed by atoms with E-state index >= 15 is 0 Å². The van der Waals surface area contributed by atoms with Gasteiger partial charge in [-0.05, 0) is 55.0 Å². The number of azo groups is 1. The minimum atomic E-state index is -0.176. The molecule has 1 fully saturated rings. The number of rotatable bonds is 2. The molecule has 4 atom stereocenters. The topological polar surface area (TPSA) is 24.7 Å². The smallest absolute Gasteiger partial charge is 0.123 e. The molecule has 1 aromatic carbocycles. The van der Waals surface area contributed by atoms with Crippen molar-refractivity contribution >= 4 is 0 Å². The summed E-state index contributed by atoms with van der Waals surface area (Å²) in [5.41, 5.74) is 3.95. The zero-order valence-electron chi connectivity index (χ0n) is 13.4. The third-order valence-electron chi connectivity index (χ3n) is 5.59. The quantitative estimate of drug-likeness (QED) is 0.658. The van der Waals surface area contributed by atoms with Crippen LogP contribution < -0.4 is 0 Å². The number of fused-ring (bicyclic) bond motifs is 2. The molecule has 3 aliphatic rings. The van der Waals surface area contributed by atoms with Gasteiger partial charge in [0.15, 0.2) is 0 Å². The Morgan fingerprint density at radius 2 is 2.04 bits per heavy atom. The molecule has 0 bridgehead atoms. The van der Waals surface area contributed by atoms with Crippen molar-refractivity contribution in [3.05, 3.63) is 71.6 Å². The molecule has 3 heteroatoms. The molecule has 118 valence electrons. The van der Waals surface area contributed by atoms with Crippen LogP contribution in [-0.2, 0) is 0 Å². The Kier molecular flexibility index (Phi) is 3.33. The standard InChI is InChI=1S/C20H21FN2/c1-3-19-18-11-16-10-14(13-6-8-17(21)9-7-13)4-5-15(16)12-20(18,2)23-22-19/h3,5-10,14,18-19H,1,4,11-12H2,2H3. The van der Waals surface area contributed by atoms with Gasteiger partial charge in [-0.2, -0.15) is 10.2 Å². The van der Waals surface area contributed by atoms with E-state index in [4.69, 9.17) is 0 Å². The van der Waals surface area contributed by atoms with E-state index in [9.17, 15) is 4.39 Å². The fourth-order valence-electron chi connectivity index (χ4n) is 4.21. The zero-order chi connectivity index (χ0) is 16.0. The summed E-state index contributed by atoms with van der Waals surface area (Å²) in [7, 11) is 0. The van der Waals surface area contributed by atoms with E-state index in [2.05, 4.69) is 35.9 Å². The molecule has 1 saturated carbocycles. The molecule has 4 unspecified atom stereocenters. The molecule has 1 heterocycles. The summed E-state index contributed by atoms with van der Waals surface area (Å²) in [5, 5.41) is 8.99. The first-order valence-corrected chi connectivity index (χ1v) is 8.29. The maximum atomic E-state index is 13.1. The first kappa shape index (κ1) is 14.6. The number of allylic oxidation sites excluding steroid dienone is 3. The molecular formula is C20H21FN2. The second-order valence-electron chi connectivity index (χ2n) is 7.10. The fraction of sp³-hybridized carbons (Fsp3) is 0.400. The molecule has 1 aliphatic heterocycles. The second kappa shape index (κ2) is 5.26. The van der Waals surface area contributed by atoms with Crippen LogP contribution in [0.2, 0.25) is 0 Å². The highest BCUT2D eigenvalue weighted by molar-refractivity contribution is 5.44. The Labute approximate surface area is 136 Å². The van der Waals surface area contributed by atoms with Crippen LogP contribution in [0.3, 0.4) is 0 Å². The van der Waals surface area contributed by atoms with Crippen LogP contribution in [0.4, 0.5) is 4.39 Å². The van der Waals surface area contributed by atoms with E-state index < -0.39 is 0 Å². The SMILES string of the molecule is C=CC1N=NC2(C)CC3=CCC(c4ccc(F)cc4)C=C3CC12. The van der Waals surface area contributed by atoms with Gasteiger partial charge in [0.1, 0.15) is 5.82 Å². The van der Waals surface area contributed by atoms with E-state index in [-0.39, 0.29) is 17.4 Å². The molecular weight excluding hydrogens is 287 g/mol. The van der Waals surface area contributed by atoms with Crippen molar-refractivity contribution in [1.29, 1.82) is 0 Å². The maximum Gasteiger partial charge on any atom is 0.123 e. The van der Waals surface area contributed by atoms with Gasteiger partial charge in [0.2, 0.25) is 0 Å². The molecule has 0 saturated heterocycles. The lowest BCUT2D eigenvalue weighted by atomic mass is 9.66. The zero-order valence-corrected chi connectivity index (χ0v) is 13.4. The van der Waals surface area contributed by atoms with Crippen LogP contribution >= 0.6 is 0 Å². The number of hydrogen-bond acceptors (Lipinski definition) is 2. The predicted molar refractivity (Wildman–Crippen MR) is 89.9 cm³/mol. The Hall–Kier alpha value is -2.03. The number of benzene rings is 1. The molecule has 0 radical (unpaired) electrons. The molecule has 4 rings (SSSR count). The van der Waals surface area contributed by atoms with Crippen molar-refractivity contribution in [2.24, 2.45) is 16.1 Å². The predicted octanol–water partition coefficient (Wildman–Crippen LogP) is 5.35. The third-order valence-corrected chi connectivity index (χ3v) is 5.59. The van der Waals surface area contributed by atoms with Crippen LogP contribution in [-0.4, -0.2) is 11.6 Å². The second-order valence-corrected chi connectivity index (χ2v) is 7.10. The molecule has 0 amide bonds. The van der Waals surface area contributed by atoms with Gasteiger partial charge in [0, 0.05) is 11.8 Å². The highest BCUT2D eigenvalue weighted by atomic mass is 19.1. The van der Waals surface area contributed by atoms with Crippen LogP contribution in [0.5, 0.6) is 0 Å². The lowest BCUT2D eigenvalue weighted by Gasteiger charge is -2.39. The van der Waals surface area contributed by atoms with Crippen LogP contribution in [0.25, 0.3) is 0 Å². The Balaban J connectivity index is 1.62. The van der Waals surface area contributed by atoms with E-state index in [1.807, 2.05) is 18.2 Å². The van der Waals surface area contributed by atoms with Crippen LogP contribution in [0.1, 0.15) is 37.7 Å². The van der Waals surface area contributed by atoms with Crippen LogP contribution in [0.15, 0.2) is 70.4 Å². The number of nitrogens with zero attached hydrogens (tertiary/aromatic N) is 2. The normalized spacial score (nSPS) is 35.1. The summed E-state index contributed by atoms with van der Waals surface area (Å²) in [4.78, 5) is 0. The third kappa shape index (κ3) is 2.39. The summed E-state index contributed by atoms with van der Waals surface area (Å²) in [6.45, 7) is 6.13. The molecule has 0 N–H and O–H groups in total. The summed E-state index contributed by atoms with van der Waals surface area (Å²) >= 11 is 0. The highest BCUT2D eigenvalue weighted by Crippen LogP contribution is 2.50. The molecule has 2 aliphatic carbocycles. The van der Waals surface area contributed by atoms with Gasteiger partial charge in [-0.1, -0.05) is 30.4 Å². The van der Waals surface area contributed by atoms with Crippen molar-refractivity contribution in [2.45, 2.75) is 43.7 Å². The minimum absolute atomic E-state index is 0.0786. The van der Waals surface area contributed by atoms with E-state index in [1.54, 1.807) is 12.1 Å². The number of hydrogen-bond donors (Lipinski definition) is 0. The number of halogens is 1. The van der Waals surface area contributed by atoms with Gasteiger partial charge >= 0.3 is 0 Å². The Morgan fingerprint density at radius 3 is 2.78 bits per heavy atom. The lowest BCUT2D eigenvalue weighted by Crippen LogP contribution is -2.39. The summed E-state index contributed by atoms with van der Waals surface area (Å²) in [5.74, 6) is 0.580. The molecule has 2 nitrogen and oxygen atoms in total. The first-order chi connectivity index (χ1) is 11.1. The van der Waals surface area contributed by atoms with Gasteiger partial charge in [-0.3, -0.25) is 0 Å². The van der Waals surface area contributed by atoms with E-state index in [0.29, 0.717) is 11.8 Å². The van der Waals surface area contributed by atoms with Gasteiger partial charge in [-0.15, -0.1) is 6.58 Å². The Morgan fingerprint density at radius 1 is 1.26 bits per heavy atom. The Bertz CT molecular complexity index is 729. The van der Waals surface area contributed by atoms with E-state index in [1.165, 1.54) is 16.7 Å². The average molecular weight is 308 g/mol. The van der Waals surface area contributed by atoms with Crippen molar-refractivity contribution in [3.63, 3.8) is 0 Å². The molecule has 0 aromatic heterocycles. The van der Waals surface area contributed by atoms with Crippen molar-refractivity contribution in [2.75, 3.05) is 0 Å². The minimum Gasteiger partial charge on any atom is -0.207 e. The summed E-state index contributed by atoms with van der Waals surface area (Å²) < 4.78 is 13.1. The summed E-state index contributed by atoms with van der Waals surface area (Å²) in [6.07, 6.45) is 9.60. The van der Waals surface area contributed by atoms with Crippen molar-refractivity contribution in [1.82, 2.24) is 0 Å². The van der Waals surface area contributed by atoms with E-state index in [0.717, 1.165) is 19.3 Å². The van der Waals surface area contributed by atoms with Gasteiger partial charge in [0.05, 0.1) is 11.6 Å². The van der Waals surface area contributed by atoms with Gasteiger partial charge in [0.25, 0.3) is 0 Å². The maximum absolute atomic E-state index is 13.1. The average Bonchev–Trinajstić information content (AvgIpc) is 2.88. The van der Waals surface area contributed by atoms with Gasteiger partial charge < -0.3 is 0 Å². The monoisotopic (exact) mass is 308 g/mol. The molecule has 0 spiro atoms. The van der Waals surface area contributed by atoms with Crippen LogP contribution in [0, 0.1) is 11.7 Å². The first-order valence-electron chi connectivity index (χ1n) is 8.29. The molecule has 23 heavy (non-hydrogen) atoms. The van der Waals surface area contributed by atoms with Crippen molar-refractivity contribution in [3.8, 4) is 0 Å². The lowest BCUT2D eigenvalue weighted by molar-refractivity contribution is 0.294. The largest absolute Gasteiger partial charge is 0.207 e.